The number of nitrogens with zero attached hydrogens (tertiary/aromatic N) is 2. The zero-order valence-corrected chi connectivity index (χ0v) is 44.5. The average molecular weight is 1120 g/mol. The number of hydrogen-bond donors (Lipinski definition) is 4. The predicted octanol–water partition coefficient (Wildman–Crippen LogP) is 7.24. The lowest BCUT2D eigenvalue weighted by molar-refractivity contribution is -0.148. The lowest BCUT2D eigenvalue weighted by atomic mass is 10.00. The van der Waals surface area contributed by atoms with Gasteiger partial charge in [-0.25, -0.2) is 16.8 Å². The Bertz CT molecular complexity index is 3990. The van der Waals surface area contributed by atoms with E-state index in [9.17, 15) is 36.0 Å². The molecule has 23 heteroatoms. The smallest absolute Gasteiger partial charge is 0.325 e. The molecule has 396 valence electrons. The Morgan fingerprint density at radius 3 is 1.68 bits per heavy atom. The minimum absolute atomic E-state index is 0.0509. The highest BCUT2D eigenvalue weighted by molar-refractivity contribution is 7.89. The minimum Gasteiger partial charge on any atom is -0.496 e. The van der Waals surface area contributed by atoms with Crippen LogP contribution in [0.25, 0.3) is 32.9 Å². The number of furan rings is 1. The van der Waals surface area contributed by atoms with Crippen molar-refractivity contribution in [3.05, 3.63) is 198 Å². The molecule has 0 aliphatic heterocycles. The molecule has 9 aromatic rings. The summed E-state index contributed by atoms with van der Waals surface area (Å²) in [6.45, 7) is -0.669. The van der Waals surface area contributed by atoms with E-state index in [1.54, 1.807) is 60.0 Å². The van der Waals surface area contributed by atoms with E-state index >= 15 is 4.79 Å². The van der Waals surface area contributed by atoms with Gasteiger partial charge in [-0.3, -0.25) is 24.0 Å². The summed E-state index contributed by atoms with van der Waals surface area (Å²) >= 11 is 2.73. The number of benzene rings is 4. The molecule has 0 radical (unpaired) electrons. The number of ether oxygens (including phenoxy) is 3. The summed E-state index contributed by atoms with van der Waals surface area (Å²) < 4.78 is 85.0. The van der Waals surface area contributed by atoms with Crippen LogP contribution in [0.5, 0.6) is 11.5 Å². The molecule has 0 saturated carbocycles. The fourth-order valence-electron chi connectivity index (χ4n) is 8.57. The highest BCUT2D eigenvalue weighted by Crippen LogP contribution is 2.36. The van der Waals surface area contributed by atoms with Crippen molar-refractivity contribution in [2.45, 2.75) is 41.5 Å². The van der Waals surface area contributed by atoms with Crippen molar-refractivity contribution in [3.8, 4) is 22.6 Å². The van der Waals surface area contributed by atoms with Crippen molar-refractivity contribution >= 4 is 82.3 Å². The van der Waals surface area contributed by atoms with E-state index in [2.05, 4.69) is 19.4 Å². The third-order valence-electron chi connectivity index (χ3n) is 12.4. The molecule has 0 aliphatic rings. The van der Waals surface area contributed by atoms with Crippen molar-refractivity contribution in [3.63, 3.8) is 0 Å². The molecule has 5 aromatic heterocycles. The normalized spacial score (nSPS) is 12.5. The minimum atomic E-state index is -4.53. The number of hydrogen-bond acceptors (Lipinski definition) is 15. The van der Waals surface area contributed by atoms with E-state index in [0.29, 0.717) is 43.6 Å². The van der Waals surface area contributed by atoms with Gasteiger partial charge in [0.1, 0.15) is 35.9 Å². The van der Waals surface area contributed by atoms with Gasteiger partial charge in [-0.05, 0) is 106 Å². The van der Waals surface area contributed by atoms with Crippen molar-refractivity contribution in [2.75, 3.05) is 27.9 Å². The highest BCUT2D eigenvalue weighted by atomic mass is 32.2. The van der Waals surface area contributed by atoms with Crippen LogP contribution in [0.4, 0.5) is 0 Å². The summed E-state index contributed by atoms with van der Waals surface area (Å²) in [6.07, 6.45) is 1.45. The maximum Gasteiger partial charge on any atom is 0.325 e. The van der Waals surface area contributed by atoms with Crippen LogP contribution >= 0.6 is 22.7 Å². The number of carbonyl (C=O) groups is 3. The molecule has 0 fully saturated rings. The number of para-hydroxylation sites is 1. The van der Waals surface area contributed by atoms with Gasteiger partial charge in [0.25, 0.3) is 0 Å². The summed E-state index contributed by atoms with van der Waals surface area (Å²) in [5, 5.41) is 4.52. The van der Waals surface area contributed by atoms with E-state index in [0.717, 1.165) is 4.88 Å². The number of nitrogens with one attached hydrogen (secondary N) is 4. The summed E-state index contributed by atoms with van der Waals surface area (Å²) in [4.78, 5) is 75.8. The van der Waals surface area contributed by atoms with Gasteiger partial charge in [0.05, 0.1) is 57.0 Å². The van der Waals surface area contributed by atoms with Crippen molar-refractivity contribution < 1.29 is 49.8 Å². The van der Waals surface area contributed by atoms with Gasteiger partial charge in [-0.1, -0.05) is 42.5 Å². The molecule has 0 aliphatic carbocycles. The standard InChI is InChI=1S/C54H48N6O13S4/c1-70-46-11-5-4-10-42(46)51(57-76(66,67)40-15-18-44-34(25-40)13-20-48(61)55-44)53(64)59(29-38-8-6-22-74-38)28-37-24-36(32-73-37)33-12-17-43(47(27-33)71-2)52(54(65)60(31-50(63)72-3)30-39-9-7-23-75-39)58-77(68,69)41-16-19-45-35(26-41)14-21-49(62)56-45/h4-27,32,51-52,57-58H,28-31H2,1-3H3,(H,55,61)(H,56,62)/t51-,52-/m1/s1. The number of thiophene rings is 2. The number of fused-ring (bicyclic) bond motifs is 2. The van der Waals surface area contributed by atoms with Gasteiger partial charge in [0.2, 0.25) is 43.0 Å². The predicted molar refractivity (Wildman–Crippen MR) is 289 cm³/mol. The molecule has 5 heterocycles. The molecule has 77 heavy (non-hydrogen) atoms. The quantitative estimate of drug-likeness (QED) is 0.0518. The van der Waals surface area contributed by atoms with Crippen LogP contribution in [0.3, 0.4) is 0 Å². The van der Waals surface area contributed by atoms with Crippen LogP contribution in [0, 0.1) is 0 Å². The van der Waals surface area contributed by atoms with Crippen molar-refractivity contribution in [1.29, 1.82) is 0 Å². The summed E-state index contributed by atoms with van der Waals surface area (Å²) in [5.74, 6) is -1.55. The molecule has 2 amide bonds. The summed E-state index contributed by atoms with van der Waals surface area (Å²) in [7, 11) is -5.02. The number of esters is 1. The molecule has 4 aromatic carbocycles. The number of amides is 2. The fraction of sp³-hybridized carbons (Fsp3) is 0.167. The monoisotopic (exact) mass is 1120 g/mol. The largest absolute Gasteiger partial charge is 0.496 e. The van der Waals surface area contributed by atoms with Crippen LogP contribution in [-0.4, -0.2) is 82.3 Å². The Morgan fingerprint density at radius 1 is 0.584 bits per heavy atom. The van der Waals surface area contributed by atoms with E-state index in [-0.39, 0.29) is 63.2 Å². The first-order valence-corrected chi connectivity index (χ1v) is 28.1. The topological polar surface area (TPSA) is 257 Å². The zero-order valence-electron chi connectivity index (χ0n) is 41.3. The third-order valence-corrected chi connectivity index (χ3v) is 17.0. The van der Waals surface area contributed by atoms with Crippen LogP contribution in [-0.2, 0) is 58.8 Å². The van der Waals surface area contributed by atoms with E-state index in [4.69, 9.17) is 18.6 Å². The van der Waals surface area contributed by atoms with Gasteiger partial charge in [0.15, 0.2) is 0 Å². The molecule has 19 nitrogen and oxygen atoms in total. The highest BCUT2D eigenvalue weighted by Gasteiger charge is 2.36. The molecule has 0 spiro atoms. The molecule has 0 bridgehead atoms. The van der Waals surface area contributed by atoms with E-state index < -0.39 is 56.5 Å². The van der Waals surface area contributed by atoms with Crippen LogP contribution in [0.15, 0.2) is 174 Å². The third kappa shape index (κ3) is 12.3. The van der Waals surface area contributed by atoms with Crippen LogP contribution in [0.1, 0.15) is 38.7 Å². The van der Waals surface area contributed by atoms with Gasteiger partial charge in [-0.15, -0.1) is 22.7 Å². The van der Waals surface area contributed by atoms with Crippen molar-refractivity contribution in [2.24, 2.45) is 0 Å². The Balaban J connectivity index is 1.05. The van der Waals surface area contributed by atoms with E-state index in [1.165, 1.54) is 127 Å². The first kappa shape index (κ1) is 53.6. The number of H-pyrrole nitrogens is 2. The Kier molecular flexibility index (Phi) is 16.0. The molecule has 9 rings (SSSR count). The maximum absolute atomic E-state index is 15.1. The van der Waals surface area contributed by atoms with E-state index in [1.807, 2.05) is 17.5 Å². The number of pyridine rings is 2. The first-order chi connectivity index (χ1) is 37.0. The summed E-state index contributed by atoms with van der Waals surface area (Å²) in [5.41, 5.74) is 1.42. The Morgan fingerprint density at radius 2 is 1.13 bits per heavy atom. The maximum atomic E-state index is 15.1. The van der Waals surface area contributed by atoms with Crippen molar-refractivity contribution in [1.82, 2.24) is 29.2 Å². The van der Waals surface area contributed by atoms with Crippen LogP contribution in [0.2, 0.25) is 0 Å². The zero-order chi connectivity index (χ0) is 54.4. The van der Waals surface area contributed by atoms with Gasteiger partial charge >= 0.3 is 5.97 Å². The summed E-state index contributed by atoms with van der Waals surface area (Å²) in [6, 6.07) is 30.8. The SMILES string of the molecule is COC(=O)CN(Cc1cccs1)C(=O)[C@H](NS(=O)(=O)c1ccc2[nH]c(=O)ccc2c1)c1ccc(-c2coc(CN(Cc3cccs3)C(=O)[C@H](NS(=O)(=O)c3ccc4[nH]c(=O)ccc4c3)c3ccccc3OC)c2)cc1OC. The number of carbonyl (C=O) groups excluding carboxylic acids is 3. The second-order valence-corrected chi connectivity index (χ2v) is 22.9. The van der Waals surface area contributed by atoms with Gasteiger partial charge in [0, 0.05) is 49.6 Å². The molecule has 4 N–H and O–H groups in total. The number of methoxy groups -OCH3 is 3. The first-order valence-electron chi connectivity index (χ1n) is 23.4. The Hall–Kier alpha value is -8.19. The number of aromatic nitrogens is 2. The Labute approximate surface area is 448 Å². The number of aromatic amines is 2. The second-order valence-electron chi connectivity index (χ2n) is 17.4. The number of rotatable bonds is 21. The molecular weight excluding hydrogens is 1070 g/mol. The molecular formula is C54H48N6O13S4. The van der Waals surface area contributed by atoms with Gasteiger partial charge in [-0.2, -0.15) is 9.44 Å². The second kappa shape index (κ2) is 23.0. The molecule has 0 saturated heterocycles. The number of sulfonamides is 2. The lowest BCUT2D eigenvalue weighted by Gasteiger charge is -2.28. The molecule has 2 atom stereocenters. The molecule has 0 unspecified atom stereocenters. The lowest BCUT2D eigenvalue weighted by Crippen LogP contribution is -2.44. The average Bonchev–Trinajstić information content (AvgIpc) is 4.26. The fourth-order valence-corrected chi connectivity index (χ4v) is 12.4. The van der Waals surface area contributed by atoms with Crippen LogP contribution < -0.4 is 30.0 Å². The van der Waals surface area contributed by atoms with Gasteiger partial charge < -0.3 is 38.4 Å².